The highest BCUT2D eigenvalue weighted by Gasteiger charge is 2.31. The van der Waals surface area contributed by atoms with E-state index in [2.05, 4.69) is 46.0 Å². The summed E-state index contributed by atoms with van der Waals surface area (Å²) in [5, 5.41) is 0. The molecular weight excluding hydrogens is 290 g/mol. The lowest BCUT2D eigenvalue weighted by Gasteiger charge is -2.37. The van der Waals surface area contributed by atoms with Gasteiger partial charge in [0.2, 0.25) is 5.91 Å². The van der Waals surface area contributed by atoms with Crippen LogP contribution in [0.3, 0.4) is 0 Å². The van der Waals surface area contributed by atoms with E-state index in [-0.39, 0.29) is 18.6 Å². The molecule has 23 heavy (non-hydrogen) atoms. The van der Waals surface area contributed by atoms with Crippen molar-refractivity contribution >= 4 is 11.6 Å². The number of ether oxygens (including phenoxy) is 1. The van der Waals surface area contributed by atoms with E-state index in [9.17, 15) is 4.79 Å². The summed E-state index contributed by atoms with van der Waals surface area (Å²) in [5.74, 6) is 0.0293. The monoisotopic (exact) mass is 313 g/mol. The van der Waals surface area contributed by atoms with E-state index in [1.54, 1.807) is 7.11 Å². The molecule has 0 aliphatic carbocycles. The van der Waals surface area contributed by atoms with Crippen molar-refractivity contribution in [3.05, 3.63) is 53.9 Å². The first kappa shape index (κ1) is 15.6. The third-order valence-corrected chi connectivity index (χ3v) is 4.35. The molecular formula is C18H23N3O2. The van der Waals surface area contributed by atoms with Gasteiger partial charge in [0, 0.05) is 51.9 Å². The molecule has 0 spiro atoms. The van der Waals surface area contributed by atoms with Crippen molar-refractivity contribution in [2.24, 2.45) is 0 Å². The molecule has 2 heterocycles. The van der Waals surface area contributed by atoms with E-state index in [1.165, 1.54) is 0 Å². The number of rotatable bonds is 4. The molecule has 1 aromatic carbocycles. The van der Waals surface area contributed by atoms with Gasteiger partial charge in [-0.1, -0.05) is 12.1 Å². The van der Waals surface area contributed by atoms with E-state index in [1.807, 2.05) is 25.1 Å². The first-order valence-corrected chi connectivity index (χ1v) is 7.82. The fraction of sp³-hybridized carbons (Fsp3) is 0.389. The summed E-state index contributed by atoms with van der Waals surface area (Å²) in [7, 11) is 5.61. The predicted molar refractivity (Wildman–Crippen MR) is 90.6 cm³/mol. The summed E-state index contributed by atoms with van der Waals surface area (Å²) in [5.41, 5.74) is 3.42. The van der Waals surface area contributed by atoms with Gasteiger partial charge < -0.3 is 19.1 Å². The van der Waals surface area contributed by atoms with Gasteiger partial charge in [-0.25, -0.2) is 0 Å². The van der Waals surface area contributed by atoms with Gasteiger partial charge in [-0.2, -0.15) is 0 Å². The number of anilines is 1. The third kappa shape index (κ3) is 2.97. The number of hydrogen-bond acceptors (Lipinski definition) is 3. The molecule has 1 aromatic heterocycles. The smallest absolute Gasteiger partial charge is 0.249 e. The van der Waals surface area contributed by atoms with Gasteiger partial charge in [-0.3, -0.25) is 4.79 Å². The number of hydrogen-bond donors (Lipinski definition) is 0. The Bertz CT molecular complexity index is 676. The number of methoxy groups -OCH3 is 1. The molecule has 5 heteroatoms. The van der Waals surface area contributed by atoms with Crippen molar-refractivity contribution in [2.75, 3.05) is 39.3 Å². The highest BCUT2D eigenvalue weighted by Crippen LogP contribution is 2.33. The lowest BCUT2D eigenvalue weighted by molar-refractivity contribution is -0.137. The first-order chi connectivity index (χ1) is 11.1. The highest BCUT2D eigenvalue weighted by molar-refractivity contribution is 5.78. The summed E-state index contributed by atoms with van der Waals surface area (Å²) in [4.78, 5) is 16.5. The van der Waals surface area contributed by atoms with Crippen LogP contribution in [0, 0.1) is 0 Å². The molecule has 0 N–H and O–H groups in total. The van der Waals surface area contributed by atoms with Crippen molar-refractivity contribution in [3.8, 4) is 0 Å². The SMILES string of the molecule is COCC(=O)N1CCn2cccc2C1c1ccc(N(C)C)cc1. The average molecular weight is 313 g/mol. The highest BCUT2D eigenvalue weighted by atomic mass is 16.5. The topological polar surface area (TPSA) is 37.7 Å². The molecule has 5 nitrogen and oxygen atoms in total. The maximum absolute atomic E-state index is 12.5. The van der Waals surface area contributed by atoms with Gasteiger partial charge in [-0.15, -0.1) is 0 Å². The Morgan fingerprint density at radius 2 is 1.96 bits per heavy atom. The molecule has 0 saturated carbocycles. The van der Waals surface area contributed by atoms with Crippen LogP contribution in [0.5, 0.6) is 0 Å². The zero-order valence-corrected chi connectivity index (χ0v) is 13.9. The van der Waals surface area contributed by atoms with Crippen molar-refractivity contribution in [1.82, 2.24) is 9.47 Å². The molecule has 1 aliphatic rings. The molecule has 1 aliphatic heterocycles. The van der Waals surface area contributed by atoms with Crippen molar-refractivity contribution < 1.29 is 9.53 Å². The van der Waals surface area contributed by atoms with E-state index in [0.717, 1.165) is 23.5 Å². The Morgan fingerprint density at radius 1 is 1.22 bits per heavy atom. The quantitative estimate of drug-likeness (QED) is 0.868. The number of fused-ring (bicyclic) bond motifs is 1. The molecule has 122 valence electrons. The zero-order valence-electron chi connectivity index (χ0n) is 13.9. The maximum Gasteiger partial charge on any atom is 0.249 e. The molecule has 0 radical (unpaired) electrons. The summed E-state index contributed by atoms with van der Waals surface area (Å²) in [6.45, 7) is 1.64. The summed E-state index contributed by atoms with van der Waals surface area (Å²) < 4.78 is 7.28. The molecule has 2 aromatic rings. The lowest BCUT2D eigenvalue weighted by Crippen LogP contribution is -2.43. The number of aromatic nitrogens is 1. The number of amides is 1. The van der Waals surface area contributed by atoms with Gasteiger partial charge in [0.15, 0.2) is 0 Å². The molecule has 0 saturated heterocycles. The summed E-state index contributed by atoms with van der Waals surface area (Å²) >= 11 is 0. The van der Waals surface area contributed by atoms with Crippen LogP contribution in [0.2, 0.25) is 0 Å². The maximum atomic E-state index is 12.5. The molecule has 0 bridgehead atoms. The zero-order chi connectivity index (χ0) is 16.4. The van der Waals surface area contributed by atoms with Crippen LogP contribution >= 0.6 is 0 Å². The van der Waals surface area contributed by atoms with Gasteiger partial charge in [-0.05, 0) is 29.8 Å². The fourth-order valence-electron chi connectivity index (χ4n) is 3.16. The third-order valence-electron chi connectivity index (χ3n) is 4.35. The average Bonchev–Trinajstić information content (AvgIpc) is 3.02. The van der Waals surface area contributed by atoms with Crippen molar-refractivity contribution in [1.29, 1.82) is 0 Å². The molecule has 1 unspecified atom stereocenters. The molecule has 1 atom stereocenters. The largest absolute Gasteiger partial charge is 0.378 e. The van der Waals surface area contributed by atoms with Crippen LogP contribution in [0.4, 0.5) is 5.69 Å². The molecule has 1 amide bonds. The van der Waals surface area contributed by atoms with Crippen molar-refractivity contribution in [2.45, 2.75) is 12.6 Å². The number of carbonyl (C=O) groups is 1. The van der Waals surface area contributed by atoms with Gasteiger partial charge in [0.1, 0.15) is 6.61 Å². The second kappa shape index (κ2) is 6.46. The minimum Gasteiger partial charge on any atom is -0.378 e. The summed E-state index contributed by atoms with van der Waals surface area (Å²) in [6.07, 6.45) is 2.08. The van der Waals surface area contributed by atoms with Crippen molar-refractivity contribution in [3.63, 3.8) is 0 Å². The molecule has 3 rings (SSSR count). The normalized spacial score (nSPS) is 17.0. The van der Waals surface area contributed by atoms with E-state index in [0.29, 0.717) is 6.54 Å². The van der Waals surface area contributed by atoms with Crippen LogP contribution in [0.25, 0.3) is 0 Å². The lowest BCUT2D eigenvalue weighted by atomic mass is 9.99. The standard InChI is InChI=1S/C18H23N3O2/c1-19(2)15-8-6-14(7-9-15)18-16-5-4-10-20(16)11-12-21(18)17(22)13-23-3/h4-10,18H,11-13H2,1-3H3. The number of carbonyl (C=O) groups excluding carboxylic acids is 1. The van der Waals surface area contributed by atoms with Crippen LogP contribution in [-0.4, -0.2) is 49.7 Å². The number of nitrogens with zero attached hydrogens (tertiary/aromatic N) is 3. The van der Waals surface area contributed by atoms with E-state index >= 15 is 0 Å². The first-order valence-electron chi connectivity index (χ1n) is 7.82. The van der Waals surface area contributed by atoms with Gasteiger partial charge in [0.05, 0.1) is 6.04 Å². The van der Waals surface area contributed by atoms with Crippen LogP contribution in [-0.2, 0) is 16.1 Å². The minimum atomic E-state index is -0.0578. The van der Waals surface area contributed by atoms with Crippen LogP contribution in [0.1, 0.15) is 17.3 Å². The summed E-state index contributed by atoms with van der Waals surface area (Å²) in [6, 6.07) is 12.5. The Balaban J connectivity index is 1.98. The van der Waals surface area contributed by atoms with Gasteiger partial charge >= 0.3 is 0 Å². The molecule has 0 fully saturated rings. The Labute approximate surface area is 137 Å². The van der Waals surface area contributed by atoms with Gasteiger partial charge in [0.25, 0.3) is 0 Å². The Hall–Kier alpha value is -2.27. The van der Waals surface area contributed by atoms with Crippen LogP contribution in [0.15, 0.2) is 42.6 Å². The second-order valence-electron chi connectivity index (χ2n) is 6.04. The van der Waals surface area contributed by atoms with E-state index < -0.39 is 0 Å². The fourth-order valence-corrected chi connectivity index (χ4v) is 3.16. The number of benzene rings is 1. The Kier molecular flexibility index (Phi) is 4.39. The Morgan fingerprint density at radius 3 is 2.61 bits per heavy atom. The van der Waals surface area contributed by atoms with E-state index in [4.69, 9.17) is 4.74 Å². The van der Waals surface area contributed by atoms with Crippen LogP contribution < -0.4 is 4.90 Å². The predicted octanol–water partition coefficient (Wildman–Crippen LogP) is 2.13. The minimum absolute atomic E-state index is 0.0293. The second-order valence-corrected chi connectivity index (χ2v) is 6.04.